The summed E-state index contributed by atoms with van der Waals surface area (Å²) >= 11 is 0. The summed E-state index contributed by atoms with van der Waals surface area (Å²) in [5.74, 6) is -2.25. The number of halogens is 3. The van der Waals surface area contributed by atoms with Gasteiger partial charge in [-0.3, -0.25) is 9.78 Å². The van der Waals surface area contributed by atoms with Crippen LogP contribution in [0.5, 0.6) is 5.75 Å². The van der Waals surface area contributed by atoms with Crippen molar-refractivity contribution in [1.29, 1.82) is 0 Å². The predicted molar refractivity (Wildman–Crippen MR) is 116 cm³/mol. The standard InChI is InChI=1S/C23H18F3N5O3/c24-14-6-13(7-15(25)8-14)20-3-5-29-31(20)23(33)30-11-16(12-30)34-21-9-19(28-10-18(21)26)17-2-1-4-27-22(17)32/h1-2,4-10,16,20H,3,11-12H2,(H,27,32)/t20-/m0/s1. The van der Waals surface area contributed by atoms with Gasteiger partial charge in [-0.1, -0.05) is 0 Å². The topological polar surface area (TPSA) is 90.9 Å². The maximum Gasteiger partial charge on any atom is 0.341 e. The number of urea groups is 1. The SMILES string of the molecule is O=C(N1CC(Oc2cc(-c3ccc[nH]c3=O)ncc2F)C1)N1N=CC[C@H]1c1cc(F)cc(F)c1. The third-order valence-electron chi connectivity index (χ3n) is 5.62. The number of hydrogen-bond donors (Lipinski definition) is 1. The minimum Gasteiger partial charge on any atom is -0.483 e. The van der Waals surface area contributed by atoms with Gasteiger partial charge < -0.3 is 14.6 Å². The van der Waals surface area contributed by atoms with Crippen molar-refractivity contribution < 1.29 is 22.7 Å². The van der Waals surface area contributed by atoms with Gasteiger partial charge in [0.1, 0.15) is 17.7 Å². The molecule has 1 fully saturated rings. The highest BCUT2D eigenvalue weighted by Gasteiger charge is 2.39. The molecule has 0 bridgehead atoms. The van der Waals surface area contributed by atoms with Gasteiger partial charge in [0.25, 0.3) is 5.56 Å². The number of nitrogens with one attached hydrogen (secondary N) is 1. The Labute approximate surface area is 191 Å². The number of nitrogens with zero attached hydrogens (tertiary/aromatic N) is 4. The fourth-order valence-corrected chi connectivity index (χ4v) is 3.92. The van der Waals surface area contributed by atoms with Crippen molar-refractivity contribution in [3.63, 3.8) is 0 Å². The Morgan fingerprint density at radius 1 is 1.12 bits per heavy atom. The van der Waals surface area contributed by atoms with Gasteiger partial charge in [0.05, 0.1) is 36.6 Å². The number of hydrazone groups is 1. The van der Waals surface area contributed by atoms with E-state index in [9.17, 15) is 22.8 Å². The second-order valence-electron chi connectivity index (χ2n) is 7.94. The Morgan fingerprint density at radius 2 is 1.88 bits per heavy atom. The second-order valence-corrected chi connectivity index (χ2v) is 7.94. The summed E-state index contributed by atoms with van der Waals surface area (Å²) in [6.45, 7) is 0.330. The summed E-state index contributed by atoms with van der Waals surface area (Å²) in [5, 5.41) is 5.24. The van der Waals surface area contributed by atoms with Crippen LogP contribution in [-0.2, 0) is 0 Å². The van der Waals surface area contributed by atoms with Crippen LogP contribution < -0.4 is 10.3 Å². The van der Waals surface area contributed by atoms with Gasteiger partial charge in [0, 0.05) is 31.0 Å². The first-order valence-corrected chi connectivity index (χ1v) is 10.5. The number of H-pyrrole nitrogens is 1. The third-order valence-corrected chi connectivity index (χ3v) is 5.62. The second kappa shape index (κ2) is 8.65. The lowest BCUT2D eigenvalue weighted by Crippen LogP contribution is -2.58. The highest BCUT2D eigenvalue weighted by Crippen LogP contribution is 2.32. The summed E-state index contributed by atoms with van der Waals surface area (Å²) in [5.41, 5.74) is 0.456. The molecule has 0 saturated carbocycles. The highest BCUT2D eigenvalue weighted by molar-refractivity contribution is 5.79. The van der Waals surface area contributed by atoms with E-state index in [-0.39, 0.29) is 35.7 Å². The van der Waals surface area contributed by atoms with Crippen LogP contribution in [0.25, 0.3) is 11.3 Å². The van der Waals surface area contributed by atoms with E-state index >= 15 is 0 Å². The quantitative estimate of drug-likeness (QED) is 0.634. The summed E-state index contributed by atoms with van der Waals surface area (Å²) in [6.07, 6.45) is 3.80. The molecule has 4 heterocycles. The minimum absolute atomic E-state index is 0.0855. The van der Waals surface area contributed by atoms with E-state index in [2.05, 4.69) is 15.1 Å². The fourth-order valence-electron chi connectivity index (χ4n) is 3.92. The van der Waals surface area contributed by atoms with Crippen molar-refractivity contribution in [1.82, 2.24) is 19.9 Å². The number of amides is 2. The van der Waals surface area contributed by atoms with Gasteiger partial charge in [-0.25, -0.2) is 23.0 Å². The lowest BCUT2D eigenvalue weighted by Gasteiger charge is -2.41. The molecule has 11 heteroatoms. The molecule has 2 amide bonds. The molecule has 0 radical (unpaired) electrons. The predicted octanol–water partition coefficient (Wildman–Crippen LogP) is 3.47. The number of aromatic nitrogens is 2. The number of carbonyl (C=O) groups is 1. The van der Waals surface area contributed by atoms with Gasteiger partial charge in [-0.05, 0) is 29.8 Å². The molecule has 1 aromatic carbocycles. The van der Waals surface area contributed by atoms with Crippen LogP contribution in [0.3, 0.4) is 0 Å². The largest absolute Gasteiger partial charge is 0.483 e. The van der Waals surface area contributed by atoms with Crippen molar-refractivity contribution in [3.8, 4) is 17.0 Å². The first kappa shape index (κ1) is 21.7. The van der Waals surface area contributed by atoms with Crippen LogP contribution in [0.1, 0.15) is 18.0 Å². The molecule has 0 spiro atoms. The molecular formula is C23H18F3N5O3. The lowest BCUT2D eigenvalue weighted by molar-refractivity contribution is 0.0256. The summed E-state index contributed by atoms with van der Waals surface area (Å²) in [4.78, 5) is 32.8. The van der Waals surface area contributed by atoms with Crippen LogP contribution in [0.2, 0.25) is 0 Å². The van der Waals surface area contributed by atoms with Crippen LogP contribution >= 0.6 is 0 Å². The van der Waals surface area contributed by atoms with Crippen molar-refractivity contribution in [3.05, 3.63) is 82.2 Å². The molecule has 0 aliphatic carbocycles. The summed E-state index contributed by atoms with van der Waals surface area (Å²) < 4.78 is 47.2. The number of aromatic amines is 1. The van der Waals surface area contributed by atoms with E-state index in [1.807, 2.05) is 0 Å². The molecule has 2 aromatic heterocycles. The van der Waals surface area contributed by atoms with Gasteiger partial charge >= 0.3 is 6.03 Å². The number of ether oxygens (including phenoxy) is 1. The van der Waals surface area contributed by atoms with Crippen LogP contribution in [0.4, 0.5) is 18.0 Å². The van der Waals surface area contributed by atoms with Crippen molar-refractivity contribution >= 4 is 12.2 Å². The van der Waals surface area contributed by atoms with E-state index in [4.69, 9.17) is 4.74 Å². The molecule has 1 N–H and O–H groups in total. The molecular weight excluding hydrogens is 451 g/mol. The van der Waals surface area contributed by atoms with Gasteiger partial charge in [-0.15, -0.1) is 0 Å². The first-order chi connectivity index (χ1) is 16.4. The highest BCUT2D eigenvalue weighted by atomic mass is 19.1. The third kappa shape index (κ3) is 4.12. The molecule has 34 heavy (non-hydrogen) atoms. The molecule has 1 atom stereocenters. The van der Waals surface area contributed by atoms with Gasteiger partial charge in [0.2, 0.25) is 0 Å². The van der Waals surface area contributed by atoms with Crippen LogP contribution in [-0.4, -0.2) is 51.3 Å². The molecule has 174 valence electrons. The Hall–Kier alpha value is -4.15. The number of carbonyl (C=O) groups excluding carboxylic acids is 1. The zero-order valence-corrected chi connectivity index (χ0v) is 17.6. The van der Waals surface area contributed by atoms with Crippen LogP contribution in [0.15, 0.2) is 58.7 Å². The molecule has 8 nitrogen and oxygen atoms in total. The van der Waals surface area contributed by atoms with E-state index in [1.54, 1.807) is 12.1 Å². The van der Waals surface area contributed by atoms with Crippen LogP contribution in [0, 0.1) is 17.5 Å². The molecule has 2 aliphatic heterocycles. The maximum absolute atomic E-state index is 14.3. The van der Waals surface area contributed by atoms with Gasteiger partial charge in [0.15, 0.2) is 11.6 Å². The summed E-state index contributed by atoms with van der Waals surface area (Å²) in [6, 6.07) is 6.56. The zero-order valence-electron chi connectivity index (χ0n) is 17.6. The number of pyridine rings is 2. The number of benzene rings is 1. The summed E-state index contributed by atoms with van der Waals surface area (Å²) in [7, 11) is 0. The maximum atomic E-state index is 14.3. The van der Waals surface area contributed by atoms with E-state index in [1.165, 1.54) is 40.5 Å². The Morgan fingerprint density at radius 3 is 2.62 bits per heavy atom. The normalized spacial score (nSPS) is 17.7. The average Bonchev–Trinajstić information content (AvgIpc) is 3.27. The fraction of sp³-hybridized carbons (Fsp3) is 0.217. The molecule has 5 rings (SSSR count). The Kier molecular flexibility index (Phi) is 5.52. The molecule has 0 unspecified atom stereocenters. The minimum atomic E-state index is -0.733. The van der Waals surface area contributed by atoms with E-state index in [0.717, 1.165) is 12.3 Å². The Bertz CT molecular complexity index is 1320. The Balaban J connectivity index is 1.25. The first-order valence-electron chi connectivity index (χ1n) is 10.5. The number of likely N-dealkylation sites (tertiary alicyclic amines) is 1. The van der Waals surface area contributed by atoms with Gasteiger partial charge in [-0.2, -0.15) is 5.10 Å². The van der Waals surface area contributed by atoms with E-state index in [0.29, 0.717) is 12.0 Å². The van der Waals surface area contributed by atoms with Crippen molar-refractivity contribution in [2.24, 2.45) is 5.10 Å². The monoisotopic (exact) mass is 469 g/mol. The number of rotatable bonds is 4. The van der Waals surface area contributed by atoms with Crippen molar-refractivity contribution in [2.45, 2.75) is 18.6 Å². The molecule has 3 aromatic rings. The smallest absolute Gasteiger partial charge is 0.341 e. The molecule has 1 saturated heterocycles. The zero-order chi connectivity index (χ0) is 23.8. The van der Waals surface area contributed by atoms with E-state index < -0.39 is 35.6 Å². The number of hydrogen-bond acceptors (Lipinski definition) is 5. The van der Waals surface area contributed by atoms with Crippen molar-refractivity contribution in [2.75, 3.05) is 13.1 Å². The lowest BCUT2D eigenvalue weighted by atomic mass is 10.0. The average molecular weight is 469 g/mol. The molecule has 2 aliphatic rings.